The van der Waals surface area contributed by atoms with E-state index in [0.717, 1.165) is 19.3 Å². The average Bonchev–Trinajstić information content (AvgIpc) is 2.31. The fourth-order valence-electron chi connectivity index (χ4n) is 2.04. The average molecular weight is 262 g/mol. The molecule has 1 rings (SSSR count). The quantitative estimate of drug-likeness (QED) is 0.811. The molecule has 1 heterocycles. The summed E-state index contributed by atoms with van der Waals surface area (Å²) in [5, 5.41) is 0. The molecule has 0 bridgehead atoms. The lowest BCUT2D eigenvalue weighted by Gasteiger charge is -2.26. The van der Waals surface area contributed by atoms with Crippen LogP contribution in [0.1, 0.15) is 46.0 Å². The van der Waals surface area contributed by atoms with Crippen LogP contribution >= 0.6 is 0 Å². The summed E-state index contributed by atoms with van der Waals surface area (Å²) in [6.45, 7) is 4.82. The molecule has 0 atom stereocenters. The van der Waals surface area contributed by atoms with E-state index in [9.17, 15) is 13.2 Å². The number of rotatable bonds is 5. The number of nitrogens with one attached hydrogen (secondary N) is 1. The van der Waals surface area contributed by atoms with Crippen LogP contribution < -0.4 is 4.72 Å². The summed E-state index contributed by atoms with van der Waals surface area (Å²) in [4.78, 5) is 11.7. The van der Waals surface area contributed by atoms with Gasteiger partial charge in [0, 0.05) is 19.0 Å². The van der Waals surface area contributed by atoms with Gasteiger partial charge in [0.1, 0.15) is 0 Å². The second-order valence-electron chi connectivity index (χ2n) is 4.44. The molecule has 1 aliphatic heterocycles. The summed E-state index contributed by atoms with van der Waals surface area (Å²) in [7, 11) is -3.61. The zero-order chi connectivity index (χ0) is 12.9. The molecule has 0 aromatic heterocycles. The van der Waals surface area contributed by atoms with E-state index in [1.165, 1.54) is 4.31 Å². The Morgan fingerprint density at radius 3 is 2.18 bits per heavy atom. The van der Waals surface area contributed by atoms with Gasteiger partial charge in [-0.15, -0.1) is 0 Å². The minimum Gasteiger partial charge on any atom is -0.274 e. The zero-order valence-electron chi connectivity index (χ0n) is 10.6. The summed E-state index contributed by atoms with van der Waals surface area (Å²) < 4.78 is 27.4. The summed E-state index contributed by atoms with van der Waals surface area (Å²) >= 11 is 0. The monoisotopic (exact) mass is 262 g/mol. The van der Waals surface area contributed by atoms with Crippen molar-refractivity contribution in [1.29, 1.82) is 0 Å². The Hall–Kier alpha value is -0.620. The van der Waals surface area contributed by atoms with Crippen molar-refractivity contribution in [2.45, 2.75) is 46.0 Å². The maximum absolute atomic E-state index is 11.9. The van der Waals surface area contributed by atoms with Crippen LogP contribution in [0, 0.1) is 5.92 Å². The van der Waals surface area contributed by atoms with Crippen LogP contribution in [-0.4, -0.2) is 31.7 Å². The van der Waals surface area contributed by atoms with Gasteiger partial charge in [0.25, 0.3) is 0 Å². The SMILES string of the molecule is CCC(CC)C(=O)NS(=O)(=O)N1CCCCC1. The third kappa shape index (κ3) is 3.96. The van der Waals surface area contributed by atoms with Crippen molar-refractivity contribution in [2.24, 2.45) is 5.92 Å². The molecule has 0 aromatic rings. The van der Waals surface area contributed by atoms with Gasteiger partial charge >= 0.3 is 10.2 Å². The molecule has 0 unspecified atom stereocenters. The van der Waals surface area contributed by atoms with E-state index in [4.69, 9.17) is 0 Å². The van der Waals surface area contributed by atoms with Crippen LogP contribution in [0.25, 0.3) is 0 Å². The van der Waals surface area contributed by atoms with Gasteiger partial charge in [0.2, 0.25) is 5.91 Å². The van der Waals surface area contributed by atoms with Crippen LogP contribution in [0.5, 0.6) is 0 Å². The molecular weight excluding hydrogens is 240 g/mol. The molecule has 6 heteroatoms. The first-order chi connectivity index (χ1) is 8.01. The Bertz CT molecular complexity index is 344. The zero-order valence-corrected chi connectivity index (χ0v) is 11.4. The van der Waals surface area contributed by atoms with Crippen LogP contribution in [0.2, 0.25) is 0 Å². The van der Waals surface area contributed by atoms with Crippen LogP contribution in [0.4, 0.5) is 0 Å². The Morgan fingerprint density at radius 2 is 1.71 bits per heavy atom. The highest BCUT2D eigenvalue weighted by Crippen LogP contribution is 2.13. The molecule has 1 saturated heterocycles. The van der Waals surface area contributed by atoms with E-state index in [2.05, 4.69) is 4.72 Å². The third-order valence-electron chi connectivity index (χ3n) is 3.24. The van der Waals surface area contributed by atoms with Gasteiger partial charge in [0.05, 0.1) is 0 Å². The number of piperidine rings is 1. The smallest absolute Gasteiger partial charge is 0.274 e. The fraction of sp³-hybridized carbons (Fsp3) is 0.909. The maximum atomic E-state index is 11.9. The molecule has 17 heavy (non-hydrogen) atoms. The Labute approximate surface area is 104 Å². The van der Waals surface area contributed by atoms with E-state index in [1.54, 1.807) is 0 Å². The Morgan fingerprint density at radius 1 is 1.18 bits per heavy atom. The predicted molar refractivity (Wildman–Crippen MR) is 66.6 cm³/mol. The van der Waals surface area contributed by atoms with Gasteiger partial charge in [-0.2, -0.15) is 12.7 Å². The van der Waals surface area contributed by atoms with E-state index < -0.39 is 10.2 Å². The molecule has 0 aliphatic carbocycles. The fourth-order valence-corrected chi connectivity index (χ4v) is 3.33. The van der Waals surface area contributed by atoms with Crippen LogP contribution in [0.15, 0.2) is 0 Å². The first-order valence-corrected chi connectivity index (χ1v) is 7.77. The summed E-state index contributed by atoms with van der Waals surface area (Å²) in [5.74, 6) is -0.588. The van der Waals surface area contributed by atoms with E-state index in [1.807, 2.05) is 13.8 Å². The van der Waals surface area contributed by atoms with Crippen molar-refractivity contribution in [3.05, 3.63) is 0 Å². The molecule has 1 fully saturated rings. The minimum absolute atomic E-state index is 0.213. The summed E-state index contributed by atoms with van der Waals surface area (Å²) in [5.41, 5.74) is 0. The lowest BCUT2D eigenvalue weighted by Crippen LogP contribution is -2.47. The number of amides is 1. The van der Waals surface area contributed by atoms with Crippen molar-refractivity contribution in [1.82, 2.24) is 9.03 Å². The Balaban J connectivity index is 2.62. The molecule has 100 valence electrons. The van der Waals surface area contributed by atoms with Crippen molar-refractivity contribution in [3.8, 4) is 0 Å². The van der Waals surface area contributed by atoms with Crippen LogP contribution in [0.3, 0.4) is 0 Å². The highest BCUT2D eigenvalue weighted by molar-refractivity contribution is 7.87. The lowest BCUT2D eigenvalue weighted by molar-refractivity contribution is -0.123. The highest BCUT2D eigenvalue weighted by atomic mass is 32.2. The molecular formula is C11H22N2O3S. The lowest BCUT2D eigenvalue weighted by atomic mass is 10.0. The number of carbonyl (C=O) groups is 1. The van der Waals surface area contributed by atoms with Gasteiger partial charge in [-0.3, -0.25) is 4.79 Å². The molecule has 0 spiro atoms. The first-order valence-electron chi connectivity index (χ1n) is 6.33. The van der Waals surface area contributed by atoms with E-state index in [0.29, 0.717) is 25.9 Å². The molecule has 1 amide bonds. The first kappa shape index (κ1) is 14.4. The van der Waals surface area contributed by atoms with Gasteiger partial charge in [-0.1, -0.05) is 20.3 Å². The standard InChI is InChI=1S/C11H22N2O3S/c1-3-10(4-2)11(14)12-17(15,16)13-8-6-5-7-9-13/h10H,3-9H2,1-2H3,(H,12,14). The van der Waals surface area contributed by atoms with E-state index >= 15 is 0 Å². The molecule has 0 radical (unpaired) electrons. The van der Waals surface area contributed by atoms with Crippen molar-refractivity contribution in [2.75, 3.05) is 13.1 Å². The predicted octanol–water partition coefficient (Wildman–Crippen LogP) is 1.27. The van der Waals surface area contributed by atoms with Crippen molar-refractivity contribution >= 4 is 16.1 Å². The van der Waals surface area contributed by atoms with E-state index in [-0.39, 0.29) is 11.8 Å². The second kappa shape index (κ2) is 6.35. The third-order valence-corrected chi connectivity index (χ3v) is 4.75. The maximum Gasteiger partial charge on any atom is 0.303 e. The number of hydrogen-bond donors (Lipinski definition) is 1. The minimum atomic E-state index is -3.61. The number of nitrogens with zero attached hydrogens (tertiary/aromatic N) is 1. The molecule has 0 aromatic carbocycles. The second-order valence-corrected chi connectivity index (χ2v) is 6.12. The van der Waals surface area contributed by atoms with Gasteiger partial charge in [-0.25, -0.2) is 4.72 Å². The van der Waals surface area contributed by atoms with Crippen molar-refractivity contribution in [3.63, 3.8) is 0 Å². The van der Waals surface area contributed by atoms with Crippen molar-refractivity contribution < 1.29 is 13.2 Å². The van der Waals surface area contributed by atoms with Gasteiger partial charge in [-0.05, 0) is 25.7 Å². The number of carbonyl (C=O) groups excluding carboxylic acids is 1. The topological polar surface area (TPSA) is 66.5 Å². The molecule has 0 saturated carbocycles. The van der Waals surface area contributed by atoms with Gasteiger partial charge < -0.3 is 0 Å². The Kier molecular flexibility index (Phi) is 5.39. The molecule has 5 nitrogen and oxygen atoms in total. The molecule has 1 N–H and O–H groups in total. The largest absolute Gasteiger partial charge is 0.303 e. The van der Waals surface area contributed by atoms with Crippen LogP contribution in [-0.2, 0) is 15.0 Å². The normalized spacial score (nSPS) is 18.3. The summed E-state index contributed by atoms with van der Waals surface area (Å²) in [6.07, 6.45) is 4.14. The molecule has 1 aliphatic rings. The highest BCUT2D eigenvalue weighted by Gasteiger charge is 2.27. The summed E-state index contributed by atoms with van der Waals surface area (Å²) in [6, 6.07) is 0. The number of hydrogen-bond acceptors (Lipinski definition) is 3. The van der Waals surface area contributed by atoms with Gasteiger partial charge in [0.15, 0.2) is 0 Å².